The number of hydrogen-bond donors (Lipinski definition) is 2. The normalized spacial score (nSPS) is 21.1. The van der Waals surface area contributed by atoms with Crippen molar-refractivity contribution in [2.75, 3.05) is 5.32 Å². The molecule has 23 heavy (non-hydrogen) atoms. The van der Waals surface area contributed by atoms with Crippen LogP contribution in [0.5, 0.6) is 0 Å². The predicted octanol–water partition coefficient (Wildman–Crippen LogP) is 3.96. The molecule has 122 valence electrons. The third kappa shape index (κ3) is 4.39. The van der Waals surface area contributed by atoms with Crippen LogP contribution in [0, 0.1) is 12.8 Å². The Labute approximate surface area is 141 Å². The zero-order valence-electron chi connectivity index (χ0n) is 13.4. The van der Waals surface area contributed by atoms with E-state index in [-0.39, 0.29) is 5.91 Å². The maximum absolute atomic E-state index is 12.2. The number of aryl methyl sites for hydroxylation is 1. The Balaban J connectivity index is 1.56. The molecule has 4 nitrogen and oxygen atoms in total. The molecule has 1 amide bonds. The Hall–Kier alpha value is -1.72. The molecule has 1 saturated carbocycles. The molecule has 0 atom stereocenters. The summed E-state index contributed by atoms with van der Waals surface area (Å²) in [4.78, 5) is 16.7. The van der Waals surface area contributed by atoms with E-state index in [1.807, 2.05) is 5.38 Å². The number of amides is 1. The van der Waals surface area contributed by atoms with E-state index in [4.69, 9.17) is 5.73 Å². The molecule has 1 aromatic heterocycles. The highest BCUT2D eigenvalue weighted by Crippen LogP contribution is 2.28. The molecule has 1 aliphatic carbocycles. The molecule has 0 bridgehead atoms. The number of hydrogen-bond acceptors (Lipinski definition) is 4. The van der Waals surface area contributed by atoms with E-state index < -0.39 is 0 Å². The summed E-state index contributed by atoms with van der Waals surface area (Å²) in [7, 11) is 0. The third-order valence-electron chi connectivity index (χ3n) is 4.46. The van der Waals surface area contributed by atoms with E-state index in [0.29, 0.717) is 23.5 Å². The summed E-state index contributed by atoms with van der Waals surface area (Å²) in [6.07, 6.45) is 4.76. The Morgan fingerprint density at radius 1 is 1.26 bits per heavy atom. The van der Waals surface area contributed by atoms with Crippen molar-refractivity contribution in [2.24, 2.45) is 11.7 Å². The van der Waals surface area contributed by atoms with Gasteiger partial charge in [0, 0.05) is 23.4 Å². The fourth-order valence-electron chi connectivity index (χ4n) is 3.01. The molecule has 3 rings (SSSR count). The molecule has 0 aliphatic heterocycles. The van der Waals surface area contributed by atoms with E-state index in [9.17, 15) is 4.79 Å². The van der Waals surface area contributed by atoms with E-state index in [1.165, 1.54) is 16.9 Å². The molecule has 0 radical (unpaired) electrons. The van der Waals surface area contributed by atoms with Crippen molar-refractivity contribution in [1.29, 1.82) is 0 Å². The molecule has 5 heteroatoms. The summed E-state index contributed by atoms with van der Waals surface area (Å²) in [5, 5.41) is 5.60. The average molecular weight is 329 g/mol. The van der Waals surface area contributed by atoms with Gasteiger partial charge in [-0.05, 0) is 38.5 Å². The summed E-state index contributed by atoms with van der Waals surface area (Å²) >= 11 is 1.48. The minimum absolute atomic E-state index is 0.0651. The van der Waals surface area contributed by atoms with Gasteiger partial charge in [0.2, 0.25) is 5.91 Å². The van der Waals surface area contributed by atoms with Crippen LogP contribution in [0.15, 0.2) is 29.6 Å². The van der Waals surface area contributed by atoms with E-state index >= 15 is 0 Å². The average Bonchev–Trinajstić information content (AvgIpc) is 2.98. The molecule has 1 heterocycles. The lowest BCUT2D eigenvalue weighted by Crippen LogP contribution is -2.28. The van der Waals surface area contributed by atoms with Gasteiger partial charge in [-0.3, -0.25) is 4.79 Å². The van der Waals surface area contributed by atoms with Crippen LogP contribution in [0.2, 0.25) is 0 Å². The minimum atomic E-state index is 0.0651. The van der Waals surface area contributed by atoms with Gasteiger partial charge in [0.05, 0.1) is 5.69 Å². The SMILES string of the molecule is Cc1ccc(-c2csc(NC(=O)C[C@H]3CC[C@@H](N)CC3)n2)cc1. The van der Waals surface area contributed by atoms with Crippen molar-refractivity contribution in [1.82, 2.24) is 4.98 Å². The first kappa shape index (κ1) is 16.1. The fraction of sp³-hybridized carbons (Fsp3) is 0.444. The number of aromatic nitrogens is 1. The predicted molar refractivity (Wildman–Crippen MR) is 95.5 cm³/mol. The molecule has 1 aromatic carbocycles. The Kier molecular flexibility index (Phi) is 5.08. The summed E-state index contributed by atoms with van der Waals surface area (Å²) in [6, 6.07) is 8.58. The van der Waals surface area contributed by atoms with Crippen LogP contribution in [-0.4, -0.2) is 16.9 Å². The fourth-order valence-corrected chi connectivity index (χ4v) is 3.75. The first-order valence-corrected chi connectivity index (χ1v) is 9.06. The van der Waals surface area contributed by atoms with E-state index in [0.717, 1.165) is 36.9 Å². The topological polar surface area (TPSA) is 68.0 Å². The summed E-state index contributed by atoms with van der Waals surface area (Å²) < 4.78 is 0. The lowest BCUT2D eigenvalue weighted by Gasteiger charge is -2.25. The second-order valence-corrected chi connectivity index (χ2v) is 7.30. The second kappa shape index (κ2) is 7.23. The van der Waals surface area contributed by atoms with Crippen molar-refractivity contribution in [2.45, 2.75) is 45.1 Å². The monoisotopic (exact) mass is 329 g/mol. The van der Waals surface area contributed by atoms with Gasteiger partial charge < -0.3 is 11.1 Å². The molecule has 1 aliphatic rings. The Morgan fingerprint density at radius 3 is 2.65 bits per heavy atom. The molecular weight excluding hydrogens is 306 g/mol. The highest BCUT2D eigenvalue weighted by Gasteiger charge is 2.21. The molecule has 0 unspecified atom stereocenters. The zero-order valence-corrected chi connectivity index (χ0v) is 14.2. The summed E-state index contributed by atoms with van der Waals surface area (Å²) in [5.41, 5.74) is 9.12. The first-order chi connectivity index (χ1) is 11.1. The molecule has 2 aromatic rings. The number of nitrogens with zero attached hydrogens (tertiary/aromatic N) is 1. The Bertz CT molecular complexity index is 657. The van der Waals surface area contributed by atoms with Crippen LogP contribution in [0.4, 0.5) is 5.13 Å². The maximum Gasteiger partial charge on any atom is 0.226 e. The van der Waals surface area contributed by atoms with Crippen molar-refractivity contribution in [3.8, 4) is 11.3 Å². The number of carbonyl (C=O) groups is 1. The number of carbonyl (C=O) groups excluding carboxylic acids is 1. The smallest absolute Gasteiger partial charge is 0.226 e. The van der Waals surface area contributed by atoms with Crippen LogP contribution in [-0.2, 0) is 4.79 Å². The Morgan fingerprint density at radius 2 is 1.96 bits per heavy atom. The van der Waals surface area contributed by atoms with Gasteiger partial charge in [-0.1, -0.05) is 29.8 Å². The summed E-state index contributed by atoms with van der Waals surface area (Å²) in [5.74, 6) is 0.529. The molecule has 0 saturated heterocycles. The third-order valence-corrected chi connectivity index (χ3v) is 5.22. The van der Waals surface area contributed by atoms with Gasteiger partial charge in [-0.2, -0.15) is 0 Å². The number of nitrogens with one attached hydrogen (secondary N) is 1. The van der Waals surface area contributed by atoms with Crippen LogP contribution < -0.4 is 11.1 Å². The first-order valence-electron chi connectivity index (χ1n) is 8.18. The van der Waals surface area contributed by atoms with Crippen molar-refractivity contribution >= 4 is 22.4 Å². The quantitative estimate of drug-likeness (QED) is 0.892. The second-order valence-electron chi connectivity index (χ2n) is 6.44. The van der Waals surface area contributed by atoms with Crippen molar-refractivity contribution in [3.63, 3.8) is 0 Å². The van der Waals surface area contributed by atoms with Crippen molar-refractivity contribution in [3.05, 3.63) is 35.2 Å². The van der Waals surface area contributed by atoms with Crippen LogP contribution in [0.1, 0.15) is 37.7 Å². The number of nitrogens with two attached hydrogens (primary N) is 1. The number of anilines is 1. The molecular formula is C18H23N3OS. The van der Waals surface area contributed by atoms with Gasteiger partial charge in [-0.15, -0.1) is 11.3 Å². The maximum atomic E-state index is 12.2. The van der Waals surface area contributed by atoms with Crippen molar-refractivity contribution < 1.29 is 4.79 Å². The standard InChI is InChI=1S/C18H23N3OS/c1-12-2-6-14(7-3-12)16-11-23-18(20-16)21-17(22)10-13-4-8-15(19)9-5-13/h2-3,6-7,11,13,15H,4-5,8-10,19H2,1H3,(H,20,21,22)/t13-,15+. The van der Waals surface area contributed by atoms with Crippen LogP contribution in [0.25, 0.3) is 11.3 Å². The molecule has 1 fully saturated rings. The lowest BCUT2D eigenvalue weighted by molar-refractivity contribution is -0.117. The zero-order chi connectivity index (χ0) is 16.2. The van der Waals surface area contributed by atoms with Crippen LogP contribution in [0.3, 0.4) is 0 Å². The molecule has 3 N–H and O–H groups in total. The van der Waals surface area contributed by atoms with Gasteiger partial charge in [-0.25, -0.2) is 4.98 Å². The lowest BCUT2D eigenvalue weighted by atomic mass is 9.84. The van der Waals surface area contributed by atoms with Gasteiger partial charge in [0.1, 0.15) is 0 Å². The highest BCUT2D eigenvalue weighted by molar-refractivity contribution is 7.14. The van der Waals surface area contributed by atoms with Gasteiger partial charge in [0.15, 0.2) is 5.13 Å². The van der Waals surface area contributed by atoms with Crippen LogP contribution >= 0.6 is 11.3 Å². The highest BCUT2D eigenvalue weighted by atomic mass is 32.1. The number of thiazole rings is 1. The van der Waals surface area contributed by atoms with Gasteiger partial charge in [0.25, 0.3) is 0 Å². The minimum Gasteiger partial charge on any atom is -0.328 e. The van der Waals surface area contributed by atoms with Gasteiger partial charge >= 0.3 is 0 Å². The van der Waals surface area contributed by atoms with E-state index in [2.05, 4.69) is 41.5 Å². The summed E-state index contributed by atoms with van der Waals surface area (Å²) in [6.45, 7) is 2.06. The number of benzene rings is 1. The number of rotatable bonds is 4. The molecule has 0 spiro atoms. The van der Waals surface area contributed by atoms with E-state index in [1.54, 1.807) is 0 Å². The largest absolute Gasteiger partial charge is 0.328 e.